The number of aromatic nitrogens is 1. The molecule has 2 aliphatic rings. The van der Waals surface area contributed by atoms with E-state index in [2.05, 4.69) is 46.1 Å². The highest BCUT2D eigenvalue weighted by Gasteiger charge is 2.44. The molecule has 124 valence electrons. The number of hydrogen-bond acceptors (Lipinski definition) is 3. The van der Waals surface area contributed by atoms with E-state index in [9.17, 15) is 5.11 Å². The molecule has 2 aliphatic heterocycles. The van der Waals surface area contributed by atoms with Gasteiger partial charge in [-0.15, -0.1) is 0 Å². The first-order chi connectivity index (χ1) is 11.2. The van der Waals surface area contributed by atoms with Gasteiger partial charge in [0.2, 0.25) is 0 Å². The number of aliphatic hydroxyl groups excluding tert-OH is 1. The highest BCUT2D eigenvalue weighted by Crippen LogP contribution is 2.39. The van der Waals surface area contributed by atoms with Gasteiger partial charge < -0.3 is 15.0 Å². The first-order valence-corrected chi connectivity index (χ1v) is 8.80. The Labute approximate surface area is 138 Å². The Hall–Kier alpha value is -1.36. The Morgan fingerprint density at radius 3 is 3.09 bits per heavy atom. The number of piperidine rings is 2. The van der Waals surface area contributed by atoms with Crippen molar-refractivity contribution in [2.45, 2.75) is 31.9 Å². The van der Waals surface area contributed by atoms with Crippen molar-refractivity contribution in [3.05, 3.63) is 36.0 Å². The van der Waals surface area contributed by atoms with E-state index in [0.717, 1.165) is 45.6 Å². The lowest BCUT2D eigenvalue weighted by molar-refractivity contribution is -0.0807. The summed E-state index contributed by atoms with van der Waals surface area (Å²) in [6.07, 6.45) is 5.13. The van der Waals surface area contributed by atoms with E-state index in [-0.39, 0.29) is 11.5 Å². The van der Waals surface area contributed by atoms with Gasteiger partial charge in [0.25, 0.3) is 0 Å². The number of aliphatic hydroxyl groups is 1. The van der Waals surface area contributed by atoms with Gasteiger partial charge in [0.15, 0.2) is 0 Å². The van der Waals surface area contributed by atoms with Gasteiger partial charge in [-0.3, -0.25) is 4.90 Å². The van der Waals surface area contributed by atoms with E-state index in [0.29, 0.717) is 0 Å². The van der Waals surface area contributed by atoms with E-state index in [4.69, 9.17) is 0 Å². The third-order valence-corrected chi connectivity index (χ3v) is 5.84. The molecule has 2 fully saturated rings. The number of H-pyrrole nitrogens is 1. The van der Waals surface area contributed by atoms with E-state index >= 15 is 0 Å². The predicted octanol–water partition coefficient (Wildman–Crippen LogP) is 2.45. The SMILES string of the molecule is CN1CC[C@H](O)[C@@]2(CCCN(Cc3cccc4[nH]ccc34)C2)C1. The number of likely N-dealkylation sites (tertiary alicyclic amines) is 2. The smallest absolute Gasteiger partial charge is 0.0633 e. The van der Waals surface area contributed by atoms with Gasteiger partial charge in [0.1, 0.15) is 0 Å². The average molecular weight is 313 g/mol. The second kappa shape index (κ2) is 5.93. The minimum Gasteiger partial charge on any atom is -0.392 e. The maximum atomic E-state index is 10.7. The van der Waals surface area contributed by atoms with Crippen molar-refractivity contribution in [2.75, 3.05) is 33.2 Å². The fourth-order valence-electron chi connectivity index (χ4n) is 4.69. The first kappa shape index (κ1) is 15.2. The van der Waals surface area contributed by atoms with Crippen LogP contribution in [-0.2, 0) is 6.54 Å². The van der Waals surface area contributed by atoms with E-state index in [1.165, 1.54) is 22.9 Å². The standard InChI is InChI=1S/C19H27N3O/c1-21-11-7-18(23)19(13-21)8-3-10-22(14-19)12-15-4-2-5-17-16(15)6-9-20-17/h2,4-6,9,18,20,23H,3,7-8,10-14H2,1H3/t18-,19-/m0/s1. The minimum atomic E-state index is -0.149. The molecule has 4 rings (SSSR count). The van der Waals surface area contributed by atoms with Crippen molar-refractivity contribution in [2.24, 2.45) is 5.41 Å². The molecule has 0 amide bonds. The first-order valence-electron chi connectivity index (χ1n) is 8.80. The summed E-state index contributed by atoms with van der Waals surface area (Å²) in [5.74, 6) is 0. The molecule has 0 saturated carbocycles. The molecule has 4 heteroatoms. The highest BCUT2D eigenvalue weighted by atomic mass is 16.3. The maximum Gasteiger partial charge on any atom is 0.0633 e. The van der Waals surface area contributed by atoms with Crippen molar-refractivity contribution < 1.29 is 5.11 Å². The van der Waals surface area contributed by atoms with Crippen molar-refractivity contribution in [1.29, 1.82) is 0 Å². The van der Waals surface area contributed by atoms with Crippen LogP contribution in [0.15, 0.2) is 30.5 Å². The number of benzene rings is 1. The zero-order chi connectivity index (χ0) is 15.9. The van der Waals surface area contributed by atoms with Crippen LogP contribution in [0.25, 0.3) is 10.9 Å². The average Bonchev–Trinajstić information content (AvgIpc) is 3.01. The van der Waals surface area contributed by atoms with Crippen LogP contribution in [0.1, 0.15) is 24.8 Å². The minimum absolute atomic E-state index is 0.0668. The van der Waals surface area contributed by atoms with Crippen LogP contribution in [0.3, 0.4) is 0 Å². The van der Waals surface area contributed by atoms with Gasteiger partial charge in [0.05, 0.1) is 6.10 Å². The monoisotopic (exact) mass is 313 g/mol. The normalized spacial score (nSPS) is 30.3. The molecule has 0 aliphatic carbocycles. The quantitative estimate of drug-likeness (QED) is 0.895. The molecule has 2 N–H and O–H groups in total. The van der Waals surface area contributed by atoms with Crippen LogP contribution in [0.2, 0.25) is 0 Å². The van der Waals surface area contributed by atoms with Crippen molar-refractivity contribution >= 4 is 10.9 Å². The Bertz CT molecular complexity index is 682. The van der Waals surface area contributed by atoms with Crippen molar-refractivity contribution in [1.82, 2.24) is 14.8 Å². The Morgan fingerprint density at radius 1 is 1.26 bits per heavy atom. The molecule has 1 spiro atoms. The summed E-state index contributed by atoms with van der Waals surface area (Å²) in [7, 11) is 2.19. The molecule has 0 radical (unpaired) electrons. The largest absolute Gasteiger partial charge is 0.392 e. The number of nitrogens with zero attached hydrogens (tertiary/aromatic N) is 2. The number of rotatable bonds is 2. The molecule has 0 bridgehead atoms. The van der Waals surface area contributed by atoms with Gasteiger partial charge >= 0.3 is 0 Å². The highest BCUT2D eigenvalue weighted by molar-refractivity contribution is 5.82. The molecule has 2 atom stereocenters. The van der Waals surface area contributed by atoms with E-state index in [1.54, 1.807) is 0 Å². The van der Waals surface area contributed by atoms with Crippen LogP contribution >= 0.6 is 0 Å². The van der Waals surface area contributed by atoms with Gasteiger partial charge in [-0.25, -0.2) is 0 Å². The number of nitrogens with one attached hydrogen (secondary N) is 1. The molecular weight excluding hydrogens is 286 g/mol. The van der Waals surface area contributed by atoms with Gasteiger partial charge in [-0.2, -0.15) is 0 Å². The van der Waals surface area contributed by atoms with Gasteiger partial charge in [-0.1, -0.05) is 12.1 Å². The topological polar surface area (TPSA) is 42.5 Å². The summed E-state index contributed by atoms with van der Waals surface area (Å²) in [5, 5.41) is 12.0. The molecule has 23 heavy (non-hydrogen) atoms. The summed E-state index contributed by atoms with van der Waals surface area (Å²) >= 11 is 0. The number of fused-ring (bicyclic) bond motifs is 1. The number of aromatic amines is 1. The van der Waals surface area contributed by atoms with Crippen molar-refractivity contribution in [3.63, 3.8) is 0 Å². The second-order valence-corrected chi connectivity index (χ2v) is 7.57. The summed E-state index contributed by atoms with van der Waals surface area (Å²) in [5.41, 5.74) is 2.67. The molecular formula is C19H27N3O. The van der Waals surface area contributed by atoms with E-state index in [1.807, 2.05) is 6.20 Å². The van der Waals surface area contributed by atoms with Crippen LogP contribution in [0.5, 0.6) is 0 Å². The van der Waals surface area contributed by atoms with Crippen LogP contribution < -0.4 is 0 Å². The van der Waals surface area contributed by atoms with Gasteiger partial charge in [0, 0.05) is 48.7 Å². The van der Waals surface area contributed by atoms with Gasteiger partial charge in [-0.05, 0) is 50.6 Å². The fourth-order valence-corrected chi connectivity index (χ4v) is 4.69. The zero-order valence-electron chi connectivity index (χ0n) is 14.0. The maximum absolute atomic E-state index is 10.7. The molecule has 2 saturated heterocycles. The lowest BCUT2D eigenvalue weighted by atomic mass is 9.71. The van der Waals surface area contributed by atoms with E-state index < -0.39 is 0 Å². The van der Waals surface area contributed by atoms with Crippen LogP contribution in [0, 0.1) is 5.41 Å². The molecule has 0 unspecified atom stereocenters. The molecule has 3 heterocycles. The molecule has 1 aromatic carbocycles. The Kier molecular flexibility index (Phi) is 3.92. The summed E-state index contributed by atoms with van der Waals surface area (Å²) in [6.45, 7) is 5.18. The Morgan fingerprint density at radius 2 is 2.17 bits per heavy atom. The second-order valence-electron chi connectivity index (χ2n) is 7.57. The van der Waals surface area contributed by atoms with Crippen LogP contribution in [-0.4, -0.2) is 59.2 Å². The molecule has 1 aromatic heterocycles. The third kappa shape index (κ3) is 2.80. The summed E-state index contributed by atoms with van der Waals surface area (Å²) < 4.78 is 0. The lowest BCUT2D eigenvalue weighted by Gasteiger charge is -2.50. The van der Waals surface area contributed by atoms with Crippen molar-refractivity contribution in [3.8, 4) is 0 Å². The summed E-state index contributed by atoms with van der Waals surface area (Å²) in [6, 6.07) is 8.68. The molecule has 2 aromatic rings. The predicted molar refractivity (Wildman–Crippen MR) is 93.4 cm³/mol. The third-order valence-electron chi connectivity index (χ3n) is 5.84. The zero-order valence-corrected chi connectivity index (χ0v) is 14.0. The van der Waals surface area contributed by atoms with Crippen LogP contribution in [0.4, 0.5) is 0 Å². The molecule has 4 nitrogen and oxygen atoms in total. The lowest BCUT2D eigenvalue weighted by Crippen LogP contribution is -2.58. The summed E-state index contributed by atoms with van der Waals surface area (Å²) in [4.78, 5) is 8.24. The fraction of sp³-hybridized carbons (Fsp3) is 0.579. The Balaban J connectivity index is 1.54. The number of hydrogen-bond donors (Lipinski definition) is 2.